The molecule has 0 unspecified atom stereocenters. The van der Waals surface area contributed by atoms with Gasteiger partial charge < -0.3 is 14.1 Å². The zero-order valence-electron chi connectivity index (χ0n) is 12.7. The maximum Gasteiger partial charge on any atom is 0.419 e. The van der Waals surface area contributed by atoms with Crippen molar-refractivity contribution in [3.63, 3.8) is 0 Å². The third-order valence-electron chi connectivity index (χ3n) is 3.40. The first-order chi connectivity index (χ1) is 10.6. The smallest absolute Gasteiger partial charge is 0.419 e. The summed E-state index contributed by atoms with van der Waals surface area (Å²) in [4.78, 5) is 13.8. The van der Waals surface area contributed by atoms with Crippen molar-refractivity contribution in [1.82, 2.24) is 9.47 Å². The van der Waals surface area contributed by atoms with Crippen molar-refractivity contribution < 1.29 is 9.15 Å². The van der Waals surface area contributed by atoms with E-state index >= 15 is 0 Å². The van der Waals surface area contributed by atoms with Crippen molar-refractivity contribution in [3.8, 4) is 0 Å². The van der Waals surface area contributed by atoms with Crippen LogP contribution in [0.5, 0.6) is 0 Å². The first-order valence-corrected chi connectivity index (χ1v) is 8.06. The molecule has 0 N–H and O–H groups in total. The Labute approximate surface area is 139 Å². The second-order valence-electron chi connectivity index (χ2n) is 4.77. The minimum Gasteiger partial charge on any atom is -0.471 e. The maximum atomic E-state index is 11.9. The molecule has 5 nitrogen and oxygen atoms in total. The molecule has 0 saturated heterocycles. The summed E-state index contributed by atoms with van der Waals surface area (Å²) < 4.78 is 12.3. The molecule has 2 aromatic rings. The Morgan fingerprint density at radius 2 is 2.14 bits per heavy atom. The van der Waals surface area contributed by atoms with Gasteiger partial charge >= 0.3 is 5.76 Å². The number of fused-ring (bicyclic) bond motifs is 1. The van der Waals surface area contributed by atoms with Gasteiger partial charge in [0, 0.05) is 24.7 Å². The molecule has 1 aromatic carbocycles. The van der Waals surface area contributed by atoms with Gasteiger partial charge in [-0.2, -0.15) is 0 Å². The van der Waals surface area contributed by atoms with E-state index < -0.39 is 0 Å². The van der Waals surface area contributed by atoms with Crippen LogP contribution in [-0.2, 0) is 11.3 Å². The van der Waals surface area contributed by atoms with E-state index in [9.17, 15) is 4.79 Å². The van der Waals surface area contributed by atoms with E-state index in [1.165, 1.54) is 0 Å². The van der Waals surface area contributed by atoms with Gasteiger partial charge in [0.1, 0.15) is 0 Å². The van der Waals surface area contributed by atoms with Crippen molar-refractivity contribution in [1.29, 1.82) is 0 Å². The molecule has 22 heavy (non-hydrogen) atoms. The van der Waals surface area contributed by atoms with E-state index in [0.717, 1.165) is 13.1 Å². The highest BCUT2D eigenvalue weighted by atomic mass is 35.5. The number of oxazole rings is 1. The summed E-state index contributed by atoms with van der Waals surface area (Å²) >= 11 is 11.2. The molecule has 0 radical (unpaired) electrons. The van der Waals surface area contributed by atoms with Gasteiger partial charge in [0.25, 0.3) is 5.17 Å². The second kappa shape index (κ2) is 7.65. The summed E-state index contributed by atoms with van der Waals surface area (Å²) in [5.74, 6) is -0.386. The molecule has 0 aliphatic heterocycles. The van der Waals surface area contributed by atoms with Crippen LogP contribution < -0.4 is 5.76 Å². The Hall–Kier alpha value is -1.53. The number of hydrogen-bond donors (Lipinski definition) is 0. The minimum atomic E-state index is -0.386. The largest absolute Gasteiger partial charge is 0.471 e. The Morgan fingerprint density at radius 1 is 1.41 bits per heavy atom. The van der Waals surface area contributed by atoms with Gasteiger partial charge in [-0.15, -0.1) is 0 Å². The van der Waals surface area contributed by atoms with E-state index in [1.807, 2.05) is 18.7 Å². The van der Waals surface area contributed by atoms with Gasteiger partial charge in [-0.3, -0.25) is 4.57 Å². The predicted octanol–water partition coefficient (Wildman–Crippen LogP) is 3.28. The molecule has 0 spiro atoms. The zero-order chi connectivity index (χ0) is 16.1. The highest BCUT2D eigenvalue weighted by Gasteiger charge is 2.10. The van der Waals surface area contributed by atoms with Gasteiger partial charge in [-0.1, -0.05) is 11.6 Å². The number of thiocarbonyl (C=S) groups is 1. The van der Waals surface area contributed by atoms with Crippen LogP contribution in [0.3, 0.4) is 0 Å². The number of nitrogens with zero attached hydrogens (tertiary/aromatic N) is 2. The van der Waals surface area contributed by atoms with E-state index in [4.69, 9.17) is 33.0 Å². The number of halogens is 1. The van der Waals surface area contributed by atoms with Crippen molar-refractivity contribution >= 4 is 40.1 Å². The first-order valence-electron chi connectivity index (χ1n) is 7.27. The van der Waals surface area contributed by atoms with E-state index in [-0.39, 0.29) is 5.76 Å². The fourth-order valence-corrected chi connectivity index (χ4v) is 2.71. The summed E-state index contributed by atoms with van der Waals surface area (Å²) in [5.41, 5.74) is 1.23. The van der Waals surface area contributed by atoms with Crippen molar-refractivity contribution in [2.24, 2.45) is 0 Å². The Morgan fingerprint density at radius 3 is 2.82 bits per heavy atom. The van der Waals surface area contributed by atoms with Crippen LogP contribution in [0.1, 0.15) is 20.3 Å². The average molecular weight is 343 g/mol. The molecule has 7 heteroatoms. The van der Waals surface area contributed by atoms with Gasteiger partial charge in [-0.25, -0.2) is 4.79 Å². The third kappa shape index (κ3) is 3.81. The molecule has 0 amide bonds. The van der Waals surface area contributed by atoms with Crippen LogP contribution in [0.2, 0.25) is 5.02 Å². The Bertz CT molecular complexity index is 706. The molecule has 120 valence electrons. The molecular weight excluding hydrogens is 324 g/mol. The molecule has 2 rings (SSSR count). The van der Waals surface area contributed by atoms with Crippen molar-refractivity contribution in [2.45, 2.75) is 26.8 Å². The molecule has 1 heterocycles. The molecule has 0 atom stereocenters. The number of hydrogen-bond acceptors (Lipinski definition) is 4. The molecular formula is C15H19ClN2O3S. The third-order valence-corrected chi connectivity index (χ3v) is 4.01. The first kappa shape index (κ1) is 16.8. The molecule has 0 bridgehead atoms. The quantitative estimate of drug-likeness (QED) is 0.595. The van der Waals surface area contributed by atoms with Gasteiger partial charge in [0.05, 0.1) is 12.1 Å². The van der Waals surface area contributed by atoms with Gasteiger partial charge in [0.15, 0.2) is 5.58 Å². The summed E-state index contributed by atoms with van der Waals surface area (Å²) in [6.45, 7) is 6.64. The predicted molar refractivity (Wildman–Crippen MR) is 91.6 cm³/mol. The van der Waals surface area contributed by atoms with Crippen LogP contribution in [0, 0.1) is 0 Å². The number of aryl methyl sites for hydroxylation is 1. The average Bonchev–Trinajstić information content (AvgIpc) is 2.80. The van der Waals surface area contributed by atoms with Crippen LogP contribution in [0.4, 0.5) is 0 Å². The van der Waals surface area contributed by atoms with E-state index in [0.29, 0.717) is 40.9 Å². The molecule has 0 aliphatic rings. The number of ether oxygens (including phenoxy) is 1. The minimum absolute atomic E-state index is 0.386. The molecule has 0 saturated carbocycles. The summed E-state index contributed by atoms with van der Waals surface area (Å²) in [7, 11) is 0. The zero-order valence-corrected chi connectivity index (χ0v) is 14.2. The summed E-state index contributed by atoms with van der Waals surface area (Å²) in [6.07, 6.45) is 0.655. The van der Waals surface area contributed by atoms with Crippen LogP contribution in [0.25, 0.3) is 11.1 Å². The highest BCUT2D eigenvalue weighted by molar-refractivity contribution is 7.80. The normalized spacial score (nSPS) is 10.9. The summed E-state index contributed by atoms with van der Waals surface area (Å²) in [5, 5.41) is 1.07. The van der Waals surface area contributed by atoms with Gasteiger partial charge in [0.2, 0.25) is 0 Å². The Kier molecular flexibility index (Phi) is 5.85. The lowest BCUT2D eigenvalue weighted by Gasteiger charge is -2.21. The van der Waals surface area contributed by atoms with E-state index in [2.05, 4.69) is 0 Å². The summed E-state index contributed by atoms with van der Waals surface area (Å²) in [6, 6.07) is 5.12. The monoisotopic (exact) mass is 342 g/mol. The van der Waals surface area contributed by atoms with Crippen LogP contribution >= 0.6 is 23.8 Å². The molecule has 0 fully saturated rings. The fourth-order valence-electron chi connectivity index (χ4n) is 2.20. The topological polar surface area (TPSA) is 47.6 Å². The van der Waals surface area contributed by atoms with Crippen LogP contribution in [0.15, 0.2) is 27.4 Å². The highest BCUT2D eigenvalue weighted by Crippen LogP contribution is 2.18. The van der Waals surface area contributed by atoms with Crippen molar-refractivity contribution in [2.75, 3.05) is 19.7 Å². The fraction of sp³-hybridized carbons (Fsp3) is 0.467. The lowest BCUT2D eigenvalue weighted by Crippen LogP contribution is -2.31. The van der Waals surface area contributed by atoms with Crippen LogP contribution in [-0.4, -0.2) is 34.3 Å². The SMILES string of the molecule is CCN(CC)C(=S)OCCCn1c(=O)oc2ccc(Cl)cc21. The molecule has 0 aliphatic carbocycles. The number of aromatic nitrogens is 1. The second-order valence-corrected chi connectivity index (χ2v) is 5.56. The molecule has 1 aromatic heterocycles. The lowest BCUT2D eigenvalue weighted by molar-refractivity contribution is 0.239. The van der Waals surface area contributed by atoms with Gasteiger partial charge in [-0.05, 0) is 50.7 Å². The maximum absolute atomic E-state index is 11.9. The Balaban J connectivity index is 1.95. The standard InChI is InChI=1S/C15H19ClN2O3S/c1-3-17(4-2)15(22)20-9-5-8-18-12-10-11(16)6-7-13(12)21-14(18)19/h6-7,10H,3-5,8-9H2,1-2H3. The van der Waals surface area contributed by atoms with Crippen molar-refractivity contribution in [3.05, 3.63) is 33.8 Å². The number of benzene rings is 1. The van der Waals surface area contributed by atoms with E-state index in [1.54, 1.807) is 22.8 Å². The number of rotatable bonds is 6. The lowest BCUT2D eigenvalue weighted by atomic mass is 10.3.